The Morgan fingerprint density at radius 2 is 2.00 bits per heavy atom. The first-order valence-corrected chi connectivity index (χ1v) is 5.14. The second kappa shape index (κ2) is 6.06. The van der Waals surface area contributed by atoms with Crippen LogP contribution in [0.15, 0.2) is 24.3 Å². The summed E-state index contributed by atoms with van der Waals surface area (Å²) in [6.07, 6.45) is 2.76. The fourth-order valence-corrected chi connectivity index (χ4v) is 1.25. The van der Waals surface area contributed by atoms with Crippen molar-refractivity contribution in [2.45, 2.75) is 6.92 Å². The van der Waals surface area contributed by atoms with Crippen molar-refractivity contribution in [2.24, 2.45) is 0 Å². The van der Waals surface area contributed by atoms with Crippen molar-refractivity contribution in [3.8, 4) is 11.5 Å². The molecule has 0 aromatic heterocycles. The maximum Gasteiger partial charge on any atom is 0.308 e. The molecule has 4 nitrogen and oxygen atoms in total. The van der Waals surface area contributed by atoms with Crippen molar-refractivity contribution in [1.29, 1.82) is 0 Å². The number of hydrogen-bond donors (Lipinski definition) is 0. The highest BCUT2D eigenvalue weighted by Gasteiger charge is 2.06. The normalized spacial score (nSPS) is 10.3. The van der Waals surface area contributed by atoms with Gasteiger partial charge in [0.1, 0.15) is 0 Å². The van der Waals surface area contributed by atoms with E-state index in [1.54, 1.807) is 18.2 Å². The molecule has 1 aromatic carbocycles. The van der Waals surface area contributed by atoms with Crippen molar-refractivity contribution in [1.82, 2.24) is 0 Å². The summed E-state index contributed by atoms with van der Waals surface area (Å²) in [5.74, 6) is 0.307. The molecule has 0 radical (unpaired) electrons. The third kappa shape index (κ3) is 4.28. The minimum Gasteiger partial charge on any atom is -0.493 e. The minimum atomic E-state index is -0.562. The van der Waals surface area contributed by atoms with Crippen LogP contribution in [0.4, 0.5) is 0 Å². The molecule has 90 valence electrons. The van der Waals surface area contributed by atoms with Gasteiger partial charge >= 0.3 is 5.97 Å². The van der Waals surface area contributed by atoms with Crippen LogP contribution in [0, 0.1) is 0 Å². The van der Waals surface area contributed by atoms with E-state index in [9.17, 15) is 9.59 Å². The van der Waals surface area contributed by atoms with Crippen molar-refractivity contribution in [2.75, 3.05) is 7.11 Å². The van der Waals surface area contributed by atoms with Gasteiger partial charge in [-0.05, 0) is 35.4 Å². The van der Waals surface area contributed by atoms with Gasteiger partial charge < -0.3 is 9.47 Å². The Balaban J connectivity index is 2.99. The van der Waals surface area contributed by atoms with Crippen LogP contribution >= 0.6 is 11.6 Å². The standard InChI is InChI=1S/C12H11ClO4/c1-8(14)17-10-5-3-9(4-6-12(13)15)7-11(10)16-2/h3-7H,1-2H3/b6-4+/i12+1. The lowest BCUT2D eigenvalue weighted by Gasteiger charge is -2.08. The summed E-state index contributed by atoms with van der Waals surface area (Å²) in [6, 6.07) is 4.89. The lowest BCUT2D eigenvalue weighted by atomic mass is 10.2. The zero-order chi connectivity index (χ0) is 12.8. The molecule has 0 fully saturated rings. The summed E-state index contributed by atoms with van der Waals surface area (Å²) in [5.41, 5.74) is 0.715. The van der Waals surface area contributed by atoms with Gasteiger partial charge in [-0.1, -0.05) is 12.1 Å². The Hall–Kier alpha value is -1.81. The second-order valence-corrected chi connectivity index (χ2v) is 3.51. The van der Waals surface area contributed by atoms with Crippen LogP contribution in [0.25, 0.3) is 6.08 Å². The lowest BCUT2D eigenvalue weighted by molar-refractivity contribution is -0.132. The minimum absolute atomic E-state index is 0.328. The first-order chi connectivity index (χ1) is 8.02. The topological polar surface area (TPSA) is 52.6 Å². The van der Waals surface area contributed by atoms with Gasteiger partial charge in [-0.25, -0.2) is 0 Å². The average Bonchev–Trinajstić information content (AvgIpc) is 2.26. The zero-order valence-electron chi connectivity index (χ0n) is 9.40. The first kappa shape index (κ1) is 13.3. The van der Waals surface area contributed by atoms with Gasteiger partial charge in [0, 0.05) is 6.92 Å². The fourth-order valence-electron chi connectivity index (χ4n) is 1.19. The molecule has 0 bridgehead atoms. The summed E-state index contributed by atoms with van der Waals surface area (Å²) < 4.78 is 10.0. The van der Waals surface area contributed by atoms with Gasteiger partial charge in [-0.2, -0.15) is 0 Å². The maximum atomic E-state index is 10.8. The van der Waals surface area contributed by atoms with Gasteiger partial charge in [0.2, 0.25) is 5.24 Å². The van der Waals surface area contributed by atoms with E-state index < -0.39 is 11.2 Å². The van der Waals surface area contributed by atoms with E-state index in [-0.39, 0.29) is 0 Å². The van der Waals surface area contributed by atoms with Gasteiger partial charge in [-0.3, -0.25) is 9.59 Å². The van der Waals surface area contributed by atoms with E-state index in [2.05, 4.69) is 0 Å². The van der Waals surface area contributed by atoms with E-state index in [4.69, 9.17) is 21.1 Å². The van der Waals surface area contributed by atoms with Gasteiger partial charge in [0.25, 0.3) is 0 Å². The van der Waals surface area contributed by atoms with Crippen LogP contribution in [0.3, 0.4) is 0 Å². The molecule has 0 heterocycles. The number of halogens is 1. The third-order valence-electron chi connectivity index (χ3n) is 1.85. The lowest BCUT2D eigenvalue weighted by Crippen LogP contribution is -2.03. The number of allylic oxidation sites excluding steroid dienone is 1. The van der Waals surface area contributed by atoms with Gasteiger partial charge in [-0.15, -0.1) is 0 Å². The number of carbonyl (C=O) groups is 2. The molecule has 0 spiro atoms. The van der Waals surface area contributed by atoms with Crippen LogP contribution in [0.1, 0.15) is 12.5 Å². The number of esters is 1. The molecule has 0 amide bonds. The Kier molecular flexibility index (Phi) is 4.72. The third-order valence-corrected chi connectivity index (χ3v) is 1.97. The van der Waals surface area contributed by atoms with E-state index in [1.165, 1.54) is 26.2 Å². The molecule has 5 heteroatoms. The highest BCUT2D eigenvalue weighted by atomic mass is 35.5. The summed E-state index contributed by atoms with van der Waals surface area (Å²) in [7, 11) is 1.46. The van der Waals surface area contributed by atoms with Crippen LogP contribution in [0.5, 0.6) is 11.5 Å². The summed E-state index contributed by atoms with van der Waals surface area (Å²) >= 11 is 5.18. The molecule has 0 aliphatic heterocycles. The number of hydrogen-bond acceptors (Lipinski definition) is 4. The maximum absolute atomic E-state index is 10.8. The van der Waals surface area contributed by atoms with Crippen LogP contribution < -0.4 is 9.47 Å². The van der Waals surface area contributed by atoms with E-state index in [0.717, 1.165) is 0 Å². The zero-order valence-corrected chi connectivity index (χ0v) is 10.2. The monoisotopic (exact) mass is 255 g/mol. The van der Waals surface area contributed by atoms with Gasteiger partial charge in [0.15, 0.2) is 11.5 Å². The predicted octanol–water partition coefficient (Wildman–Crippen LogP) is 2.40. The fraction of sp³-hybridized carbons (Fsp3) is 0.167. The molecule has 1 aromatic rings. The van der Waals surface area contributed by atoms with Crippen molar-refractivity contribution in [3.63, 3.8) is 0 Å². The van der Waals surface area contributed by atoms with Crippen LogP contribution in [0.2, 0.25) is 0 Å². The van der Waals surface area contributed by atoms with E-state index in [1.807, 2.05) is 0 Å². The first-order valence-electron chi connectivity index (χ1n) is 4.77. The Morgan fingerprint density at radius 1 is 1.29 bits per heavy atom. The molecular weight excluding hydrogens is 245 g/mol. The van der Waals surface area contributed by atoms with Crippen LogP contribution in [-0.4, -0.2) is 18.3 Å². The average molecular weight is 256 g/mol. The molecule has 0 saturated heterocycles. The summed E-state index contributed by atoms with van der Waals surface area (Å²) in [6.45, 7) is 1.30. The molecule has 17 heavy (non-hydrogen) atoms. The Labute approximate surface area is 104 Å². The number of methoxy groups -OCH3 is 1. The van der Waals surface area contributed by atoms with Crippen molar-refractivity contribution < 1.29 is 19.1 Å². The molecule has 0 atom stereocenters. The molecule has 0 aliphatic rings. The Bertz CT molecular complexity index is 466. The Morgan fingerprint density at radius 3 is 2.53 bits per heavy atom. The summed E-state index contributed by atoms with van der Waals surface area (Å²) in [4.78, 5) is 21.4. The smallest absolute Gasteiger partial charge is 0.308 e. The number of ether oxygens (including phenoxy) is 2. The summed E-state index contributed by atoms with van der Waals surface area (Å²) in [5, 5.41) is -0.562. The molecule has 0 N–H and O–H groups in total. The SMILES string of the molecule is COc1cc(/C=C/[13C](=O)Cl)ccc1OC(C)=O. The quantitative estimate of drug-likeness (QED) is 0.273. The van der Waals surface area contributed by atoms with E-state index in [0.29, 0.717) is 17.1 Å². The number of benzene rings is 1. The second-order valence-electron chi connectivity index (χ2n) is 3.14. The molecule has 0 unspecified atom stereocenters. The number of carbonyl (C=O) groups excluding carboxylic acids is 2. The number of rotatable bonds is 4. The van der Waals surface area contributed by atoms with E-state index >= 15 is 0 Å². The highest BCUT2D eigenvalue weighted by molar-refractivity contribution is 6.66. The van der Waals surface area contributed by atoms with Crippen molar-refractivity contribution >= 4 is 28.9 Å². The molecule has 0 aliphatic carbocycles. The molecule has 0 saturated carbocycles. The van der Waals surface area contributed by atoms with Crippen LogP contribution in [-0.2, 0) is 9.59 Å². The molecule has 1 rings (SSSR count). The van der Waals surface area contributed by atoms with Gasteiger partial charge in [0.05, 0.1) is 7.11 Å². The largest absolute Gasteiger partial charge is 0.493 e. The highest BCUT2D eigenvalue weighted by Crippen LogP contribution is 2.28. The molecular formula is C12H11ClO4. The van der Waals surface area contributed by atoms with Crippen molar-refractivity contribution in [3.05, 3.63) is 29.8 Å². The predicted molar refractivity (Wildman–Crippen MR) is 64.2 cm³/mol.